The van der Waals surface area contributed by atoms with Crippen LogP contribution in [0.15, 0.2) is 48.5 Å². The summed E-state index contributed by atoms with van der Waals surface area (Å²) in [7, 11) is 0. The number of nitrogens with zero attached hydrogens (tertiary/aromatic N) is 1. The van der Waals surface area contributed by atoms with Gasteiger partial charge in [-0.2, -0.15) is 5.26 Å². The van der Waals surface area contributed by atoms with Gasteiger partial charge < -0.3 is 10.6 Å². The lowest BCUT2D eigenvalue weighted by Crippen LogP contribution is -2.47. The highest BCUT2D eigenvalue weighted by Crippen LogP contribution is 2.51. The van der Waals surface area contributed by atoms with E-state index in [0.717, 1.165) is 11.1 Å². The van der Waals surface area contributed by atoms with Gasteiger partial charge in [0.2, 0.25) is 5.91 Å². The zero-order valence-corrected chi connectivity index (χ0v) is 22.4. The van der Waals surface area contributed by atoms with Crippen molar-refractivity contribution >= 4 is 29.1 Å². The first kappa shape index (κ1) is 26.5. The summed E-state index contributed by atoms with van der Waals surface area (Å²) < 4.78 is 0. The van der Waals surface area contributed by atoms with Crippen molar-refractivity contribution in [3.8, 4) is 6.07 Å². The van der Waals surface area contributed by atoms with Crippen molar-refractivity contribution in [2.75, 3.05) is 6.54 Å². The van der Waals surface area contributed by atoms with Crippen LogP contribution in [0.1, 0.15) is 65.0 Å². The third kappa shape index (κ3) is 5.77. The van der Waals surface area contributed by atoms with E-state index in [2.05, 4.69) is 58.2 Å². The predicted molar refractivity (Wildman–Crippen MR) is 140 cm³/mol. The van der Waals surface area contributed by atoms with Crippen LogP contribution in [0.5, 0.6) is 0 Å². The fourth-order valence-corrected chi connectivity index (χ4v) is 5.24. The first-order valence-corrected chi connectivity index (χ1v) is 12.5. The number of hydrogen-bond donors (Lipinski definition) is 2. The average molecular weight is 501 g/mol. The Morgan fingerprint density at radius 3 is 2.21 bits per heavy atom. The molecular weight excluding hydrogens is 465 g/mol. The molecule has 4 nitrogen and oxygen atoms in total. The van der Waals surface area contributed by atoms with Crippen LogP contribution in [0.25, 0.3) is 0 Å². The summed E-state index contributed by atoms with van der Waals surface area (Å²) in [6, 6.07) is 16.8. The van der Waals surface area contributed by atoms with Gasteiger partial charge in [0.15, 0.2) is 0 Å². The van der Waals surface area contributed by atoms with Crippen molar-refractivity contribution < 1.29 is 4.79 Å². The number of rotatable bonds is 5. The quantitative estimate of drug-likeness (QED) is 0.494. The second-order valence-electron chi connectivity index (χ2n) is 11.8. The zero-order valence-electron chi connectivity index (χ0n) is 20.9. The Bertz CT molecular complexity index is 1060. The summed E-state index contributed by atoms with van der Waals surface area (Å²) in [5.74, 6) is -0.547. The summed E-state index contributed by atoms with van der Waals surface area (Å²) in [4.78, 5) is 13.6. The van der Waals surface area contributed by atoms with Crippen molar-refractivity contribution in [1.29, 1.82) is 5.26 Å². The number of carbonyl (C=O) groups is 1. The largest absolute Gasteiger partial charge is 0.354 e. The van der Waals surface area contributed by atoms with Crippen LogP contribution in [-0.2, 0) is 10.2 Å². The molecule has 0 radical (unpaired) electrons. The zero-order chi connectivity index (χ0) is 25.3. The van der Waals surface area contributed by atoms with E-state index in [0.29, 0.717) is 23.0 Å². The fourth-order valence-electron chi connectivity index (χ4n) is 4.92. The van der Waals surface area contributed by atoms with Crippen molar-refractivity contribution in [2.45, 2.75) is 71.4 Å². The Labute approximate surface area is 214 Å². The number of carbonyl (C=O) groups excluding carboxylic acids is 1. The van der Waals surface area contributed by atoms with Crippen LogP contribution in [0, 0.1) is 22.2 Å². The minimum atomic E-state index is -0.994. The number of hydrogen-bond acceptors (Lipinski definition) is 3. The topological polar surface area (TPSA) is 64.9 Å². The third-order valence-corrected chi connectivity index (χ3v) is 6.85. The monoisotopic (exact) mass is 499 g/mol. The van der Waals surface area contributed by atoms with E-state index in [4.69, 9.17) is 23.2 Å². The van der Waals surface area contributed by atoms with Crippen LogP contribution >= 0.6 is 23.2 Å². The molecule has 3 rings (SSSR count). The van der Waals surface area contributed by atoms with Crippen LogP contribution in [0.4, 0.5) is 0 Å². The highest BCUT2D eigenvalue weighted by Gasteiger charge is 2.59. The van der Waals surface area contributed by atoms with Crippen LogP contribution in [0.2, 0.25) is 10.0 Å². The summed E-state index contributed by atoms with van der Waals surface area (Å²) in [6.45, 7) is 13.2. The molecule has 182 valence electrons. The minimum Gasteiger partial charge on any atom is -0.354 e. The molecule has 0 spiro atoms. The van der Waals surface area contributed by atoms with E-state index in [9.17, 15) is 10.1 Å². The number of amides is 1. The Hall–Kier alpha value is -2.06. The molecule has 4 unspecified atom stereocenters. The molecule has 1 saturated heterocycles. The number of benzene rings is 2. The number of nitriles is 1. The molecule has 1 aliphatic heterocycles. The standard InChI is InChI=1S/C28H35Cl2N3O/c1-26(2,3)15-22-28(16-31,19-10-12-20(29)13-11-19)23(18-8-7-9-21(30)14-18)24(33-22)25(34)32-17-27(4,5)6/h7-14,22-24,33H,15,17H2,1-6H3,(H,32,34). The van der Waals surface area contributed by atoms with Crippen LogP contribution in [-0.4, -0.2) is 24.5 Å². The van der Waals surface area contributed by atoms with Crippen LogP contribution in [0.3, 0.4) is 0 Å². The second kappa shape index (κ2) is 9.90. The molecule has 1 amide bonds. The van der Waals surface area contributed by atoms with Gasteiger partial charge in [-0.3, -0.25) is 4.79 Å². The van der Waals surface area contributed by atoms with E-state index < -0.39 is 17.4 Å². The highest BCUT2D eigenvalue weighted by atomic mass is 35.5. The Morgan fingerprint density at radius 2 is 1.68 bits per heavy atom. The van der Waals surface area contributed by atoms with E-state index in [-0.39, 0.29) is 22.8 Å². The lowest BCUT2D eigenvalue weighted by atomic mass is 9.63. The van der Waals surface area contributed by atoms with Gasteiger partial charge in [-0.15, -0.1) is 0 Å². The highest BCUT2D eigenvalue weighted by molar-refractivity contribution is 6.30. The van der Waals surface area contributed by atoms with Gasteiger partial charge >= 0.3 is 0 Å². The van der Waals surface area contributed by atoms with Crippen molar-refractivity contribution in [1.82, 2.24) is 10.6 Å². The van der Waals surface area contributed by atoms with Crippen molar-refractivity contribution in [3.63, 3.8) is 0 Å². The van der Waals surface area contributed by atoms with Crippen molar-refractivity contribution in [3.05, 3.63) is 69.7 Å². The maximum absolute atomic E-state index is 13.6. The van der Waals surface area contributed by atoms with Gasteiger partial charge in [0.1, 0.15) is 5.41 Å². The van der Waals surface area contributed by atoms with Gasteiger partial charge in [0, 0.05) is 28.5 Å². The van der Waals surface area contributed by atoms with E-state index in [1.165, 1.54) is 0 Å². The molecule has 2 aromatic carbocycles. The summed E-state index contributed by atoms with van der Waals surface area (Å²) in [5, 5.41) is 18.8. The smallest absolute Gasteiger partial charge is 0.237 e. The first-order valence-electron chi connectivity index (χ1n) is 11.7. The average Bonchev–Trinajstić information content (AvgIpc) is 3.05. The lowest BCUT2D eigenvalue weighted by molar-refractivity contribution is -0.123. The third-order valence-electron chi connectivity index (χ3n) is 6.36. The fraction of sp³-hybridized carbons (Fsp3) is 0.500. The maximum atomic E-state index is 13.6. The normalized spacial score (nSPS) is 25.1. The molecule has 0 aromatic heterocycles. The molecule has 6 heteroatoms. The maximum Gasteiger partial charge on any atom is 0.237 e. The SMILES string of the molecule is CC(C)(C)CNC(=O)C1NC(CC(C)(C)C)C(C#N)(c2ccc(Cl)cc2)C1c1cccc(Cl)c1. The molecule has 1 heterocycles. The number of halogens is 2. The van der Waals surface area contributed by atoms with Gasteiger partial charge in [-0.25, -0.2) is 0 Å². The van der Waals surface area contributed by atoms with E-state index >= 15 is 0 Å². The second-order valence-corrected chi connectivity index (χ2v) is 12.6. The molecule has 2 aromatic rings. The molecule has 2 N–H and O–H groups in total. The molecule has 1 aliphatic rings. The number of nitrogens with one attached hydrogen (secondary N) is 2. The summed E-state index contributed by atoms with van der Waals surface area (Å²) >= 11 is 12.6. The van der Waals surface area contributed by atoms with Crippen molar-refractivity contribution in [2.24, 2.45) is 10.8 Å². The molecule has 0 bridgehead atoms. The summed E-state index contributed by atoms with van der Waals surface area (Å²) in [5.41, 5.74) is 0.586. The Kier molecular flexibility index (Phi) is 7.73. The van der Waals surface area contributed by atoms with Gasteiger partial charge in [-0.1, -0.05) is 89.0 Å². The Balaban J connectivity index is 2.21. The van der Waals surface area contributed by atoms with E-state index in [1.807, 2.05) is 48.5 Å². The molecule has 34 heavy (non-hydrogen) atoms. The molecule has 1 fully saturated rings. The van der Waals surface area contributed by atoms with Crippen LogP contribution < -0.4 is 10.6 Å². The van der Waals surface area contributed by atoms with Gasteiger partial charge in [-0.05, 0) is 52.6 Å². The summed E-state index contributed by atoms with van der Waals surface area (Å²) in [6.07, 6.45) is 0.712. The lowest BCUT2D eigenvalue weighted by Gasteiger charge is -2.37. The molecule has 4 atom stereocenters. The molecular formula is C28H35Cl2N3O. The molecule has 0 saturated carbocycles. The predicted octanol–water partition coefficient (Wildman–Crippen LogP) is 6.48. The Morgan fingerprint density at radius 1 is 1.03 bits per heavy atom. The first-order chi connectivity index (χ1) is 15.8. The van der Waals surface area contributed by atoms with Gasteiger partial charge in [0.05, 0.1) is 12.1 Å². The minimum absolute atomic E-state index is 0.0624. The van der Waals surface area contributed by atoms with Gasteiger partial charge in [0.25, 0.3) is 0 Å². The van der Waals surface area contributed by atoms with E-state index in [1.54, 1.807) is 0 Å². The molecule has 0 aliphatic carbocycles.